The number of hydrogen-bond acceptors (Lipinski definition) is 6. The van der Waals surface area contributed by atoms with E-state index in [9.17, 15) is 9.46 Å². The summed E-state index contributed by atoms with van der Waals surface area (Å²) in [5, 5.41) is 0.818. The van der Waals surface area contributed by atoms with Gasteiger partial charge in [-0.3, -0.25) is 0 Å². The van der Waals surface area contributed by atoms with Crippen LogP contribution in [0.2, 0.25) is 22.3 Å². The van der Waals surface area contributed by atoms with Crippen LogP contribution in [0.5, 0.6) is 0 Å². The summed E-state index contributed by atoms with van der Waals surface area (Å²) in [5.41, 5.74) is 6.60. The Morgan fingerprint density at radius 2 is 1.09 bits per heavy atom. The minimum absolute atomic E-state index is 0.0225. The molecule has 0 aliphatic rings. The second kappa shape index (κ2) is 24.7. The quantitative estimate of drug-likeness (QED) is 0.0424. The van der Waals surface area contributed by atoms with Crippen molar-refractivity contribution in [2.45, 2.75) is 119 Å². The van der Waals surface area contributed by atoms with Crippen LogP contribution in [0.4, 0.5) is 0 Å². The summed E-state index contributed by atoms with van der Waals surface area (Å²) in [6, 6.07) is 0. The van der Waals surface area contributed by atoms with Gasteiger partial charge < -0.3 is 0 Å². The summed E-state index contributed by atoms with van der Waals surface area (Å²) >= 11 is -1.64. The Labute approximate surface area is 220 Å². The van der Waals surface area contributed by atoms with Crippen molar-refractivity contribution in [2.24, 2.45) is 0 Å². The summed E-state index contributed by atoms with van der Waals surface area (Å²) < 4.78 is 32.3. The van der Waals surface area contributed by atoms with E-state index in [1.165, 1.54) is 83.5 Å². The zero-order valence-corrected chi connectivity index (χ0v) is 26.1. The Morgan fingerprint density at radius 1 is 0.629 bits per heavy atom. The SMILES string of the molecule is CCCCCCCC/C=C\CCCCCCCCOCCOCCOP(=O)([O-])OCC[As+](C)(C)C. The van der Waals surface area contributed by atoms with Crippen LogP contribution in [0.3, 0.4) is 0 Å². The molecule has 6 nitrogen and oxygen atoms in total. The van der Waals surface area contributed by atoms with Crippen LogP contribution in [0.1, 0.15) is 96.8 Å². The van der Waals surface area contributed by atoms with Crippen molar-refractivity contribution in [3.05, 3.63) is 12.2 Å². The molecular weight excluding hydrogens is 526 g/mol. The van der Waals surface area contributed by atoms with Crippen molar-refractivity contribution in [1.82, 2.24) is 0 Å². The molecule has 0 aliphatic carbocycles. The molecule has 8 heteroatoms. The average molecular weight is 583 g/mol. The summed E-state index contributed by atoms with van der Waals surface area (Å²) in [6.07, 6.45) is 23.0. The average Bonchev–Trinajstić information content (AvgIpc) is 2.78. The molecule has 0 bridgehead atoms. The molecule has 0 aromatic rings. The molecule has 0 saturated heterocycles. The first-order valence-electron chi connectivity index (χ1n) is 14.0. The molecule has 0 radical (unpaired) electrons. The van der Waals surface area contributed by atoms with E-state index in [-0.39, 0.29) is 19.8 Å². The van der Waals surface area contributed by atoms with E-state index in [1.807, 2.05) is 0 Å². The molecule has 0 rings (SSSR count). The van der Waals surface area contributed by atoms with Gasteiger partial charge in [-0.15, -0.1) is 0 Å². The Bertz CT molecular complexity index is 524. The first kappa shape index (κ1) is 35.3. The molecule has 0 saturated carbocycles. The van der Waals surface area contributed by atoms with Gasteiger partial charge in [-0.05, 0) is 32.1 Å². The number of ether oxygens (including phenoxy) is 2. The van der Waals surface area contributed by atoms with Gasteiger partial charge >= 0.3 is 111 Å². The van der Waals surface area contributed by atoms with Gasteiger partial charge in [-0.25, -0.2) is 0 Å². The van der Waals surface area contributed by atoms with Crippen LogP contribution in [0.25, 0.3) is 0 Å². The predicted octanol–water partition coefficient (Wildman–Crippen LogP) is 7.90. The Kier molecular flexibility index (Phi) is 24.9. The first-order valence-corrected chi connectivity index (χ1v) is 22.4. The molecule has 0 spiro atoms. The van der Waals surface area contributed by atoms with E-state index in [0.717, 1.165) is 18.2 Å². The molecule has 1 atom stereocenters. The predicted molar refractivity (Wildman–Crippen MR) is 149 cm³/mol. The van der Waals surface area contributed by atoms with Gasteiger partial charge in [0.1, 0.15) is 0 Å². The van der Waals surface area contributed by atoms with Crippen molar-refractivity contribution >= 4 is 21.4 Å². The number of phosphoric acid groups is 1. The van der Waals surface area contributed by atoms with Crippen molar-refractivity contribution < 1.29 is 28.0 Å². The van der Waals surface area contributed by atoms with Gasteiger partial charge in [0.2, 0.25) is 0 Å². The van der Waals surface area contributed by atoms with Crippen LogP contribution in [-0.4, -0.2) is 53.2 Å². The van der Waals surface area contributed by atoms with Gasteiger partial charge in [-0.2, -0.15) is 0 Å². The maximum atomic E-state index is 11.7. The number of allylic oxidation sites excluding steroid dienone is 2. The molecule has 1 unspecified atom stereocenters. The third-order valence-electron chi connectivity index (χ3n) is 5.66. The summed E-state index contributed by atoms with van der Waals surface area (Å²) in [4.78, 5) is 11.7. The number of rotatable bonds is 27. The van der Waals surface area contributed by atoms with Crippen LogP contribution >= 0.6 is 7.82 Å². The summed E-state index contributed by atoms with van der Waals surface area (Å²) in [6.45, 7) is 4.38. The zero-order chi connectivity index (χ0) is 26.1. The van der Waals surface area contributed by atoms with Crippen LogP contribution in [0, 0.1) is 0 Å². The van der Waals surface area contributed by atoms with E-state index in [4.69, 9.17) is 18.5 Å². The molecule has 0 fully saturated rings. The van der Waals surface area contributed by atoms with Gasteiger partial charge in [0, 0.05) is 0 Å². The van der Waals surface area contributed by atoms with Crippen LogP contribution < -0.4 is 4.89 Å². The molecule has 0 N–H and O–H groups in total. The monoisotopic (exact) mass is 582 g/mol. The number of hydrogen-bond donors (Lipinski definition) is 0. The third-order valence-corrected chi connectivity index (χ3v) is 9.86. The van der Waals surface area contributed by atoms with E-state index < -0.39 is 21.4 Å². The molecule has 0 aromatic carbocycles. The fourth-order valence-electron chi connectivity index (χ4n) is 3.45. The van der Waals surface area contributed by atoms with Gasteiger partial charge in [0.05, 0.1) is 0 Å². The first-order chi connectivity index (χ1) is 16.8. The second-order valence-electron chi connectivity index (χ2n) is 10.3. The fraction of sp³-hybridized carbons (Fsp3) is 0.926. The zero-order valence-electron chi connectivity index (χ0n) is 23.3. The fourth-order valence-corrected chi connectivity index (χ4v) is 5.79. The van der Waals surface area contributed by atoms with E-state index in [2.05, 4.69) is 36.2 Å². The van der Waals surface area contributed by atoms with E-state index in [1.54, 1.807) is 0 Å². The van der Waals surface area contributed by atoms with E-state index >= 15 is 0 Å². The molecule has 0 amide bonds. The third kappa shape index (κ3) is 30.4. The minimum atomic E-state index is -4.21. The van der Waals surface area contributed by atoms with Gasteiger partial charge in [0.25, 0.3) is 0 Å². The van der Waals surface area contributed by atoms with Gasteiger partial charge in [-0.1, -0.05) is 76.9 Å². The Hall–Kier alpha value is 0.328. The molecule has 35 heavy (non-hydrogen) atoms. The second-order valence-corrected chi connectivity index (χ2v) is 22.2. The molecule has 0 aromatic heterocycles. The van der Waals surface area contributed by atoms with Crippen LogP contribution in [-0.2, 0) is 23.1 Å². The molecular formula is C27H56AsO6P. The Morgan fingerprint density at radius 3 is 1.66 bits per heavy atom. The Balaban J connectivity index is 3.27. The van der Waals surface area contributed by atoms with E-state index in [0.29, 0.717) is 13.2 Å². The normalized spacial score (nSPS) is 14.1. The number of phosphoric ester groups is 1. The summed E-state index contributed by atoms with van der Waals surface area (Å²) in [7, 11) is -4.21. The molecule has 0 heterocycles. The van der Waals surface area contributed by atoms with Crippen molar-refractivity contribution in [1.29, 1.82) is 0 Å². The van der Waals surface area contributed by atoms with Crippen molar-refractivity contribution in [3.8, 4) is 0 Å². The topological polar surface area (TPSA) is 77.1 Å². The van der Waals surface area contributed by atoms with Gasteiger partial charge in [0.15, 0.2) is 0 Å². The molecule has 0 aliphatic heterocycles. The number of unbranched alkanes of at least 4 members (excludes halogenated alkanes) is 12. The maximum absolute atomic E-state index is 11.7. The van der Waals surface area contributed by atoms with Crippen LogP contribution in [0.15, 0.2) is 12.2 Å². The van der Waals surface area contributed by atoms with Crippen molar-refractivity contribution in [2.75, 3.05) is 39.6 Å². The van der Waals surface area contributed by atoms with Crippen molar-refractivity contribution in [3.63, 3.8) is 0 Å². The standard InChI is InChI=1S/C27H56AsO6P/c1-5-6-7-8-9-10-11-12-13-14-15-16-17-18-19-20-22-31-24-25-32-26-27-34-35(29,30)33-23-21-28(2,3)4/h12-13H,5-11,14-27H2,1-4H3/b13-12-. The molecule has 210 valence electrons. The summed E-state index contributed by atoms with van der Waals surface area (Å²) in [5.74, 6) is 0.